The molecular formula is C8H13IN5+. The van der Waals surface area contributed by atoms with E-state index < -0.39 is 0 Å². The number of rotatable bonds is 2. The van der Waals surface area contributed by atoms with Gasteiger partial charge in [-0.25, -0.2) is 0 Å². The van der Waals surface area contributed by atoms with Crippen molar-refractivity contribution in [3.05, 3.63) is 16.3 Å². The molecule has 0 unspecified atom stereocenters. The molecule has 10 N–H and O–H groups in total. The van der Waals surface area contributed by atoms with E-state index in [-0.39, 0.29) is 0 Å². The first-order valence-corrected chi connectivity index (χ1v) is 4.93. The van der Waals surface area contributed by atoms with Crippen LogP contribution in [0.15, 0.2) is 12.8 Å². The highest BCUT2D eigenvalue weighted by atomic mass is 127. The van der Waals surface area contributed by atoms with E-state index in [4.69, 9.17) is 17.2 Å². The van der Waals surface area contributed by atoms with Gasteiger partial charge >= 0.3 is 0 Å². The van der Waals surface area contributed by atoms with E-state index in [1.54, 1.807) is 0 Å². The molecule has 0 aliphatic rings. The zero-order chi connectivity index (χ0) is 10.9. The van der Waals surface area contributed by atoms with Gasteiger partial charge in [-0.3, -0.25) is 0 Å². The van der Waals surface area contributed by atoms with Gasteiger partial charge in [-0.1, -0.05) is 6.58 Å². The second kappa shape index (κ2) is 3.93. The Hall–Kier alpha value is -1.15. The number of halogens is 1. The number of hydrogen-bond acceptors (Lipinski definition) is 4. The molecule has 0 atom stereocenters. The van der Waals surface area contributed by atoms with Gasteiger partial charge in [0.2, 0.25) is 0 Å². The van der Waals surface area contributed by atoms with Gasteiger partial charge in [0, 0.05) is 0 Å². The van der Waals surface area contributed by atoms with Gasteiger partial charge < -0.3 is 28.3 Å². The molecule has 0 aliphatic carbocycles. The van der Waals surface area contributed by atoms with Crippen LogP contribution in [-0.4, -0.2) is 0 Å². The zero-order valence-corrected chi connectivity index (χ0v) is 9.76. The van der Waals surface area contributed by atoms with Gasteiger partial charge in [-0.2, -0.15) is 0 Å². The standard InChI is InChI=1S/C8H12IN5/c1-2-14-8-6(12)4(10)3(9)5(11)7(8)13/h2,14H,1,10-13H2/p+1. The first kappa shape index (κ1) is 10.9. The minimum Gasteiger partial charge on any atom is -0.396 e. The van der Waals surface area contributed by atoms with Gasteiger partial charge in [0.05, 0.1) is 17.1 Å². The lowest BCUT2D eigenvalue weighted by molar-refractivity contribution is -0.254. The first-order chi connectivity index (χ1) is 6.50. The van der Waals surface area contributed by atoms with Crippen molar-refractivity contribution >= 4 is 51.0 Å². The maximum absolute atomic E-state index is 5.83. The maximum atomic E-state index is 5.83. The third-order valence-electron chi connectivity index (χ3n) is 1.90. The van der Waals surface area contributed by atoms with Crippen LogP contribution >= 0.6 is 22.6 Å². The van der Waals surface area contributed by atoms with E-state index in [2.05, 4.69) is 40.2 Å². The van der Waals surface area contributed by atoms with Crippen molar-refractivity contribution < 1.29 is 5.73 Å². The highest BCUT2D eigenvalue weighted by Gasteiger charge is 2.17. The Balaban J connectivity index is 3.50. The van der Waals surface area contributed by atoms with Gasteiger partial charge in [-0.05, 0) is 28.8 Å². The fourth-order valence-electron chi connectivity index (χ4n) is 1.09. The van der Waals surface area contributed by atoms with Crippen LogP contribution in [0.2, 0.25) is 0 Å². The number of nitrogen functional groups attached to an aromatic ring is 3. The van der Waals surface area contributed by atoms with Crippen LogP contribution in [0.4, 0.5) is 28.4 Å². The number of anilines is 4. The molecule has 0 bridgehead atoms. The largest absolute Gasteiger partial charge is 0.396 e. The summed E-state index contributed by atoms with van der Waals surface area (Å²) in [4.78, 5) is 0. The summed E-state index contributed by atoms with van der Waals surface area (Å²) in [6, 6.07) is 0. The number of nitrogens with two attached hydrogens (primary N) is 3. The second-order valence-electron chi connectivity index (χ2n) is 2.76. The monoisotopic (exact) mass is 306 g/mol. The fraction of sp³-hybridized carbons (Fsp3) is 0. The highest BCUT2D eigenvalue weighted by Crippen LogP contribution is 2.39. The van der Waals surface area contributed by atoms with Crippen molar-refractivity contribution in [1.82, 2.24) is 0 Å². The molecule has 5 nitrogen and oxygen atoms in total. The molecule has 14 heavy (non-hydrogen) atoms. The molecule has 1 rings (SSSR count). The first-order valence-electron chi connectivity index (χ1n) is 3.86. The van der Waals surface area contributed by atoms with E-state index in [1.807, 2.05) is 0 Å². The Morgan fingerprint density at radius 3 is 2.29 bits per heavy atom. The highest BCUT2D eigenvalue weighted by molar-refractivity contribution is 14.1. The van der Waals surface area contributed by atoms with Gasteiger partial charge in [0.25, 0.3) is 0 Å². The van der Waals surface area contributed by atoms with Gasteiger partial charge in [-0.15, -0.1) is 0 Å². The lowest BCUT2D eigenvalue weighted by atomic mass is 10.1. The average Bonchev–Trinajstić information content (AvgIpc) is 2.19. The van der Waals surface area contributed by atoms with Crippen LogP contribution in [0.1, 0.15) is 0 Å². The Bertz CT molecular complexity index is 359. The van der Waals surface area contributed by atoms with Crippen molar-refractivity contribution in [3.63, 3.8) is 0 Å². The predicted octanol–water partition coefficient (Wildman–Crippen LogP) is 0.467. The summed E-state index contributed by atoms with van der Waals surface area (Å²) in [6.07, 6.45) is 1.49. The molecule has 0 aromatic heterocycles. The minimum atomic E-state index is 0.430. The van der Waals surface area contributed by atoms with Crippen LogP contribution in [0.5, 0.6) is 0 Å². The summed E-state index contributed by atoms with van der Waals surface area (Å²) in [5, 5.41) is 2.84. The lowest BCUT2D eigenvalue weighted by Gasteiger charge is -2.13. The maximum Gasteiger partial charge on any atom is 0.169 e. The third kappa shape index (κ3) is 1.58. The Kier molecular flexibility index (Phi) is 3.06. The van der Waals surface area contributed by atoms with Crippen molar-refractivity contribution in [3.8, 4) is 0 Å². The van der Waals surface area contributed by atoms with Crippen molar-refractivity contribution in [1.29, 1.82) is 0 Å². The quantitative estimate of drug-likeness (QED) is 0.403. The normalized spacial score (nSPS) is 9.86. The molecular weight excluding hydrogens is 293 g/mol. The topological polar surface area (TPSA) is 118 Å². The smallest absolute Gasteiger partial charge is 0.169 e. The van der Waals surface area contributed by atoms with Crippen LogP contribution in [-0.2, 0) is 0 Å². The molecule has 0 amide bonds. The molecule has 1 aromatic rings. The Morgan fingerprint density at radius 2 is 1.79 bits per heavy atom. The molecule has 0 radical (unpaired) electrons. The van der Waals surface area contributed by atoms with Crippen LogP contribution in [0, 0.1) is 3.57 Å². The van der Waals surface area contributed by atoms with E-state index >= 15 is 0 Å². The summed E-state index contributed by atoms with van der Waals surface area (Å²) < 4.78 is 0.784. The summed E-state index contributed by atoms with van der Waals surface area (Å²) >= 11 is 2.06. The molecule has 76 valence electrons. The van der Waals surface area contributed by atoms with Crippen LogP contribution in [0.3, 0.4) is 0 Å². The number of quaternary nitrogens is 1. The van der Waals surface area contributed by atoms with Crippen molar-refractivity contribution in [2.24, 2.45) is 0 Å². The molecule has 6 heteroatoms. The summed E-state index contributed by atoms with van der Waals surface area (Å²) in [5.41, 5.74) is 23.9. The number of nitrogens with one attached hydrogen (secondary N) is 1. The second-order valence-corrected chi connectivity index (χ2v) is 3.84. The lowest BCUT2D eigenvalue weighted by Crippen LogP contribution is -2.42. The minimum absolute atomic E-state index is 0.430. The summed E-state index contributed by atoms with van der Waals surface area (Å²) in [7, 11) is 0. The van der Waals surface area contributed by atoms with Crippen LogP contribution in [0.25, 0.3) is 0 Å². The molecule has 0 heterocycles. The summed E-state index contributed by atoms with van der Waals surface area (Å²) in [6.45, 7) is 3.53. The number of hydrogen-bond donors (Lipinski definition) is 5. The third-order valence-corrected chi connectivity index (χ3v) is 3.13. The molecule has 0 fully saturated rings. The molecule has 1 aromatic carbocycles. The van der Waals surface area contributed by atoms with Crippen molar-refractivity contribution in [2.75, 3.05) is 22.5 Å². The van der Waals surface area contributed by atoms with E-state index in [0.717, 1.165) is 3.57 Å². The summed E-state index contributed by atoms with van der Waals surface area (Å²) in [5.74, 6) is 0. The van der Waals surface area contributed by atoms with E-state index in [9.17, 15) is 0 Å². The molecule has 0 aliphatic heterocycles. The van der Waals surface area contributed by atoms with E-state index in [0.29, 0.717) is 28.4 Å². The Labute approximate surface area is 95.6 Å². The fourth-order valence-corrected chi connectivity index (χ4v) is 1.67. The average molecular weight is 306 g/mol. The molecule has 0 spiro atoms. The van der Waals surface area contributed by atoms with Crippen molar-refractivity contribution in [2.45, 2.75) is 0 Å². The number of benzene rings is 1. The Morgan fingerprint density at radius 1 is 1.21 bits per heavy atom. The van der Waals surface area contributed by atoms with Crippen LogP contribution < -0.4 is 28.3 Å². The zero-order valence-electron chi connectivity index (χ0n) is 7.60. The SMILES string of the molecule is C=CNc1c(N)c(N)c(I)c([NH3+])c1N. The molecule has 0 saturated carbocycles. The molecule has 0 saturated heterocycles. The van der Waals surface area contributed by atoms with Gasteiger partial charge in [0.15, 0.2) is 5.69 Å². The van der Waals surface area contributed by atoms with Gasteiger partial charge in [0.1, 0.15) is 9.26 Å². The predicted molar refractivity (Wildman–Crippen MR) is 68.8 cm³/mol. The van der Waals surface area contributed by atoms with E-state index in [1.165, 1.54) is 6.20 Å².